The maximum Gasteiger partial charge on any atom is 0.317 e. The van der Waals surface area contributed by atoms with E-state index in [1.165, 1.54) is 0 Å². The van der Waals surface area contributed by atoms with E-state index < -0.39 is 5.97 Å². The zero-order valence-electron chi connectivity index (χ0n) is 15.2. The number of carboxylic acids is 1. The second-order valence-corrected chi connectivity index (χ2v) is 6.59. The second kappa shape index (κ2) is 9.78. The lowest BCUT2D eigenvalue weighted by Gasteiger charge is -2.24. The molecule has 138 valence electrons. The first-order valence-corrected chi connectivity index (χ1v) is 8.33. The molecule has 0 aliphatic heterocycles. The number of anilines is 1. The molecular formula is C18H27N3O4. The largest absolute Gasteiger partial charge is 0.480 e. The highest BCUT2D eigenvalue weighted by Crippen LogP contribution is 2.15. The van der Waals surface area contributed by atoms with Gasteiger partial charge in [-0.2, -0.15) is 0 Å². The standard InChI is InChI=1S/C18H27N3O4/c1-12(2)9-19-18(25)14-7-5-6-8-15(14)20-16(22)10-21(13(3)4)11-17(23)24/h5-8,12-13H,9-11H2,1-4H3,(H,19,25)(H,20,22)(H,23,24). The Bertz CT molecular complexity index is 614. The third-order valence-corrected chi connectivity index (χ3v) is 3.53. The van der Waals surface area contributed by atoms with Crippen molar-refractivity contribution in [2.24, 2.45) is 5.92 Å². The number of para-hydroxylation sites is 1. The molecule has 0 heterocycles. The summed E-state index contributed by atoms with van der Waals surface area (Å²) in [5.74, 6) is -1.29. The zero-order valence-corrected chi connectivity index (χ0v) is 15.2. The van der Waals surface area contributed by atoms with Crippen molar-refractivity contribution in [3.05, 3.63) is 29.8 Å². The van der Waals surface area contributed by atoms with Crippen LogP contribution in [-0.4, -0.2) is 53.5 Å². The molecular weight excluding hydrogens is 322 g/mol. The highest BCUT2D eigenvalue weighted by molar-refractivity contribution is 6.04. The van der Waals surface area contributed by atoms with Crippen molar-refractivity contribution in [2.45, 2.75) is 33.7 Å². The van der Waals surface area contributed by atoms with E-state index in [9.17, 15) is 14.4 Å². The number of aliphatic carboxylic acids is 1. The van der Waals surface area contributed by atoms with E-state index in [4.69, 9.17) is 5.11 Å². The van der Waals surface area contributed by atoms with Crippen LogP contribution in [0.2, 0.25) is 0 Å². The van der Waals surface area contributed by atoms with Crippen LogP contribution in [0.4, 0.5) is 5.69 Å². The van der Waals surface area contributed by atoms with Gasteiger partial charge in [0.25, 0.3) is 5.91 Å². The van der Waals surface area contributed by atoms with Gasteiger partial charge in [-0.3, -0.25) is 19.3 Å². The van der Waals surface area contributed by atoms with E-state index in [1.807, 2.05) is 27.7 Å². The quantitative estimate of drug-likeness (QED) is 0.631. The molecule has 3 N–H and O–H groups in total. The number of carbonyl (C=O) groups is 3. The van der Waals surface area contributed by atoms with Crippen LogP contribution in [0.25, 0.3) is 0 Å². The van der Waals surface area contributed by atoms with Crippen molar-refractivity contribution in [2.75, 3.05) is 25.0 Å². The number of carbonyl (C=O) groups excluding carboxylic acids is 2. The van der Waals surface area contributed by atoms with Crippen LogP contribution in [0, 0.1) is 5.92 Å². The molecule has 0 aliphatic carbocycles. The summed E-state index contributed by atoms with van der Waals surface area (Å²) in [5, 5.41) is 14.5. The number of benzene rings is 1. The number of rotatable bonds is 9. The van der Waals surface area contributed by atoms with Crippen LogP contribution in [0.3, 0.4) is 0 Å². The van der Waals surface area contributed by atoms with Crippen molar-refractivity contribution >= 4 is 23.5 Å². The van der Waals surface area contributed by atoms with Crippen molar-refractivity contribution in [1.29, 1.82) is 0 Å². The molecule has 0 aromatic heterocycles. The first-order valence-electron chi connectivity index (χ1n) is 8.33. The Balaban J connectivity index is 2.80. The van der Waals surface area contributed by atoms with Gasteiger partial charge < -0.3 is 15.7 Å². The van der Waals surface area contributed by atoms with Gasteiger partial charge in [0.15, 0.2) is 0 Å². The van der Waals surface area contributed by atoms with E-state index in [1.54, 1.807) is 29.2 Å². The van der Waals surface area contributed by atoms with Gasteiger partial charge in [-0.1, -0.05) is 26.0 Å². The van der Waals surface area contributed by atoms with Gasteiger partial charge in [-0.25, -0.2) is 0 Å². The predicted octanol–water partition coefficient (Wildman–Crippen LogP) is 1.81. The molecule has 0 saturated heterocycles. The van der Waals surface area contributed by atoms with Crippen molar-refractivity contribution in [1.82, 2.24) is 10.2 Å². The number of hydrogen-bond acceptors (Lipinski definition) is 4. The lowest BCUT2D eigenvalue weighted by Crippen LogP contribution is -2.41. The number of hydrogen-bond donors (Lipinski definition) is 3. The fourth-order valence-corrected chi connectivity index (χ4v) is 2.15. The minimum Gasteiger partial charge on any atom is -0.480 e. The van der Waals surface area contributed by atoms with Crippen LogP contribution < -0.4 is 10.6 Å². The Labute approximate surface area is 148 Å². The minimum absolute atomic E-state index is 0.0636. The van der Waals surface area contributed by atoms with Crippen molar-refractivity contribution < 1.29 is 19.5 Å². The molecule has 1 aromatic rings. The molecule has 0 unspecified atom stereocenters. The Morgan fingerprint density at radius 2 is 1.72 bits per heavy atom. The molecule has 1 rings (SSSR count). The summed E-state index contributed by atoms with van der Waals surface area (Å²) < 4.78 is 0. The maximum absolute atomic E-state index is 12.3. The highest BCUT2D eigenvalue weighted by atomic mass is 16.4. The molecule has 0 aliphatic rings. The van der Waals surface area contributed by atoms with E-state index in [0.717, 1.165) is 0 Å². The van der Waals surface area contributed by atoms with Gasteiger partial charge in [0.2, 0.25) is 5.91 Å². The summed E-state index contributed by atoms with van der Waals surface area (Å²) in [7, 11) is 0. The maximum atomic E-state index is 12.3. The minimum atomic E-state index is -0.991. The summed E-state index contributed by atoms with van der Waals surface area (Å²) in [6.07, 6.45) is 0. The Hall–Kier alpha value is -2.41. The van der Waals surface area contributed by atoms with Crippen LogP contribution in [0.1, 0.15) is 38.1 Å². The lowest BCUT2D eigenvalue weighted by atomic mass is 10.1. The molecule has 7 heteroatoms. The Kier molecular flexibility index (Phi) is 8.07. The third-order valence-electron chi connectivity index (χ3n) is 3.53. The van der Waals surface area contributed by atoms with Gasteiger partial charge in [0, 0.05) is 12.6 Å². The number of nitrogens with zero attached hydrogens (tertiary/aromatic N) is 1. The second-order valence-electron chi connectivity index (χ2n) is 6.59. The monoisotopic (exact) mass is 349 g/mol. The average Bonchev–Trinajstić information content (AvgIpc) is 2.51. The predicted molar refractivity (Wildman–Crippen MR) is 96.6 cm³/mol. The molecule has 1 aromatic carbocycles. The zero-order chi connectivity index (χ0) is 19.0. The highest BCUT2D eigenvalue weighted by Gasteiger charge is 2.19. The Morgan fingerprint density at radius 1 is 1.08 bits per heavy atom. The number of amides is 2. The number of carboxylic acid groups (broad SMARTS) is 1. The Morgan fingerprint density at radius 3 is 2.28 bits per heavy atom. The van der Waals surface area contributed by atoms with Gasteiger partial charge in [0.05, 0.1) is 24.3 Å². The molecule has 25 heavy (non-hydrogen) atoms. The molecule has 0 radical (unpaired) electrons. The fraction of sp³-hybridized carbons (Fsp3) is 0.500. The summed E-state index contributed by atoms with van der Waals surface area (Å²) in [5.41, 5.74) is 0.790. The fourth-order valence-electron chi connectivity index (χ4n) is 2.15. The number of nitrogens with one attached hydrogen (secondary N) is 2. The van der Waals surface area contributed by atoms with E-state index in [0.29, 0.717) is 23.7 Å². The van der Waals surface area contributed by atoms with Gasteiger partial charge in [-0.15, -0.1) is 0 Å². The molecule has 0 spiro atoms. The van der Waals surface area contributed by atoms with Crippen LogP contribution in [0.15, 0.2) is 24.3 Å². The van der Waals surface area contributed by atoms with Crippen molar-refractivity contribution in [3.8, 4) is 0 Å². The summed E-state index contributed by atoms with van der Waals surface area (Å²) in [6.45, 7) is 7.90. The summed E-state index contributed by atoms with van der Waals surface area (Å²) in [4.78, 5) is 37.0. The van der Waals surface area contributed by atoms with Crippen LogP contribution >= 0.6 is 0 Å². The molecule has 0 saturated carbocycles. The lowest BCUT2D eigenvalue weighted by molar-refractivity contribution is -0.139. The molecule has 2 amide bonds. The van der Waals surface area contributed by atoms with Crippen LogP contribution in [0.5, 0.6) is 0 Å². The molecule has 0 atom stereocenters. The first-order chi connectivity index (χ1) is 11.7. The van der Waals surface area contributed by atoms with Crippen LogP contribution in [-0.2, 0) is 9.59 Å². The average molecular weight is 349 g/mol. The first kappa shape index (κ1) is 20.6. The van der Waals surface area contributed by atoms with E-state index in [2.05, 4.69) is 10.6 Å². The topological polar surface area (TPSA) is 98.7 Å². The summed E-state index contributed by atoms with van der Waals surface area (Å²) in [6, 6.07) is 6.66. The SMILES string of the molecule is CC(C)CNC(=O)c1ccccc1NC(=O)CN(CC(=O)O)C(C)C. The molecule has 0 fully saturated rings. The van der Waals surface area contributed by atoms with E-state index in [-0.39, 0.29) is 30.9 Å². The van der Waals surface area contributed by atoms with E-state index >= 15 is 0 Å². The normalized spacial score (nSPS) is 11.0. The summed E-state index contributed by atoms with van der Waals surface area (Å²) >= 11 is 0. The molecule has 7 nitrogen and oxygen atoms in total. The third kappa shape index (κ3) is 7.34. The smallest absolute Gasteiger partial charge is 0.317 e. The molecule has 0 bridgehead atoms. The van der Waals surface area contributed by atoms with Gasteiger partial charge in [-0.05, 0) is 31.9 Å². The van der Waals surface area contributed by atoms with Crippen molar-refractivity contribution in [3.63, 3.8) is 0 Å². The van der Waals surface area contributed by atoms with Gasteiger partial charge in [0.1, 0.15) is 0 Å². The van der Waals surface area contributed by atoms with Gasteiger partial charge >= 0.3 is 5.97 Å².